The molecule has 0 aliphatic heterocycles. The monoisotopic (exact) mass is 523 g/mol. The lowest BCUT2D eigenvalue weighted by Crippen LogP contribution is -2.48. The molecule has 1 N–H and O–H groups in total. The second-order valence-corrected chi connectivity index (χ2v) is 10.5. The average molecular weight is 524 g/mol. The van der Waals surface area contributed by atoms with E-state index in [4.69, 9.17) is 16.3 Å². The van der Waals surface area contributed by atoms with E-state index < -0.39 is 16.1 Å². The van der Waals surface area contributed by atoms with Gasteiger partial charge in [0.1, 0.15) is 11.8 Å². The molecule has 0 spiro atoms. The third kappa shape index (κ3) is 7.60. The van der Waals surface area contributed by atoms with Crippen LogP contribution in [0.15, 0.2) is 42.5 Å². The number of ether oxygens (including phenoxy) is 1. The van der Waals surface area contributed by atoms with Crippen molar-refractivity contribution >= 4 is 39.1 Å². The third-order valence-electron chi connectivity index (χ3n) is 5.78. The number of nitrogens with zero attached hydrogens (tertiary/aromatic N) is 2. The normalized spacial score (nSPS) is 12.1. The van der Waals surface area contributed by atoms with Crippen LogP contribution in [0.3, 0.4) is 0 Å². The van der Waals surface area contributed by atoms with Crippen molar-refractivity contribution in [1.82, 2.24) is 10.2 Å². The van der Waals surface area contributed by atoms with Gasteiger partial charge in [-0.2, -0.15) is 0 Å². The number of likely N-dealkylation sites (N-methyl/N-ethyl adjacent to an activating group) is 1. The molecule has 0 aromatic heterocycles. The molecule has 0 saturated carbocycles. The fourth-order valence-corrected chi connectivity index (χ4v) is 5.09. The van der Waals surface area contributed by atoms with E-state index >= 15 is 0 Å². The number of hydrogen-bond donors (Lipinski definition) is 1. The summed E-state index contributed by atoms with van der Waals surface area (Å²) >= 11 is 6.20. The number of benzene rings is 2. The summed E-state index contributed by atoms with van der Waals surface area (Å²) in [5.74, 6) is 0.166. The summed E-state index contributed by atoms with van der Waals surface area (Å²) in [6, 6.07) is 11.8. The van der Waals surface area contributed by atoms with Gasteiger partial charge in [-0.05, 0) is 55.2 Å². The molecule has 1 unspecified atom stereocenters. The Morgan fingerprint density at radius 2 is 1.86 bits per heavy atom. The van der Waals surface area contributed by atoms with Crippen molar-refractivity contribution < 1.29 is 22.7 Å². The maximum absolute atomic E-state index is 13.3. The molecule has 0 saturated heterocycles. The van der Waals surface area contributed by atoms with Gasteiger partial charge in [0, 0.05) is 31.6 Å². The molecule has 1 atom stereocenters. The standard InChI is InChI=1S/C25H34ClN3O5S/c1-6-22(25(31)27-3)28(17-19-10-7-11-20(16-19)34-4)24(30)14-9-15-29(35(5,32)33)23-13-8-12-21(26)18(23)2/h7-8,10-13,16,22H,6,9,14-15,17H2,1-5H3,(H,27,31). The molecule has 8 nitrogen and oxygen atoms in total. The van der Waals surface area contributed by atoms with E-state index in [-0.39, 0.29) is 37.7 Å². The van der Waals surface area contributed by atoms with Gasteiger partial charge in [-0.15, -0.1) is 0 Å². The van der Waals surface area contributed by atoms with Gasteiger partial charge < -0.3 is 15.0 Å². The number of methoxy groups -OCH3 is 1. The van der Waals surface area contributed by atoms with Crippen LogP contribution in [0.1, 0.15) is 37.3 Å². The smallest absolute Gasteiger partial charge is 0.242 e. The van der Waals surface area contributed by atoms with E-state index in [1.54, 1.807) is 37.1 Å². The van der Waals surface area contributed by atoms with Crippen LogP contribution in [0.4, 0.5) is 5.69 Å². The van der Waals surface area contributed by atoms with E-state index in [9.17, 15) is 18.0 Å². The van der Waals surface area contributed by atoms with Crippen molar-refractivity contribution in [1.29, 1.82) is 0 Å². The minimum atomic E-state index is -3.60. The third-order valence-corrected chi connectivity index (χ3v) is 7.37. The fraction of sp³-hybridized carbons (Fsp3) is 0.440. The largest absolute Gasteiger partial charge is 0.497 e. The highest BCUT2D eigenvalue weighted by Gasteiger charge is 2.28. The van der Waals surface area contributed by atoms with E-state index in [0.717, 1.165) is 11.8 Å². The first-order valence-corrected chi connectivity index (χ1v) is 13.6. The summed E-state index contributed by atoms with van der Waals surface area (Å²) in [6.45, 7) is 3.94. The minimum Gasteiger partial charge on any atom is -0.497 e. The van der Waals surface area contributed by atoms with Crippen molar-refractivity contribution in [3.05, 3.63) is 58.6 Å². The number of carbonyl (C=O) groups excluding carboxylic acids is 2. The molecule has 2 aromatic rings. The van der Waals surface area contributed by atoms with Crippen LogP contribution in [0, 0.1) is 6.92 Å². The Hall–Kier alpha value is -2.78. The van der Waals surface area contributed by atoms with Gasteiger partial charge in [-0.1, -0.05) is 36.7 Å². The molecular weight excluding hydrogens is 490 g/mol. The highest BCUT2D eigenvalue weighted by molar-refractivity contribution is 7.92. The highest BCUT2D eigenvalue weighted by atomic mass is 35.5. The lowest BCUT2D eigenvalue weighted by Gasteiger charge is -2.31. The lowest BCUT2D eigenvalue weighted by atomic mass is 10.1. The van der Waals surface area contributed by atoms with Crippen LogP contribution in [-0.2, 0) is 26.2 Å². The van der Waals surface area contributed by atoms with Gasteiger partial charge in [0.2, 0.25) is 21.8 Å². The van der Waals surface area contributed by atoms with Crippen molar-refractivity contribution in [2.75, 3.05) is 31.3 Å². The molecule has 2 aromatic carbocycles. The quantitative estimate of drug-likeness (QED) is 0.457. The molecule has 35 heavy (non-hydrogen) atoms. The van der Waals surface area contributed by atoms with E-state index in [1.807, 2.05) is 31.2 Å². The number of hydrogen-bond acceptors (Lipinski definition) is 5. The molecule has 0 aliphatic rings. The second-order valence-electron chi connectivity index (χ2n) is 8.23. The molecule has 0 heterocycles. The van der Waals surface area contributed by atoms with Gasteiger partial charge in [-0.25, -0.2) is 8.42 Å². The average Bonchev–Trinajstić information content (AvgIpc) is 2.82. The number of nitrogens with one attached hydrogen (secondary N) is 1. The maximum Gasteiger partial charge on any atom is 0.242 e. The zero-order valence-electron chi connectivity index (χ0n) is 20.9. The topological polar surface area (TPSA) is 96.0 Å². The SMILES string of the molecule is CCC(C(=O)NC)N(Cc1cccc(OC)c1)C(=O)CCCN(c1cccc(Cl)c1C)S(C)(=O)=O. The Labute approximate surface area is 213 Å². The predicted octanol–water partition coefficient (Wildman–Crippen LogP) is 3.76. The first-order valence-electron chi connectivity index (χ1n) is 11.4. The van der Waals surface area contributed by atoms with Crippen LogP contribution in [0.5, 0.6) is 5.75 Å². The van der Waals surface area contributed by atoms with Crippen molar-refractivity contribution in [3.63, 3.8) is 0 Å². The molecule has 0 radical (unpaired) electrons. The zero-order chi connectivity index (χ0) is 26.2. The Kier molecular flexibility index (Phi) is 10.4. The molecular formula is C25H34ClN3O5S. The molecule has 0 fully saturated rings. The van der Waals surface area contributed by atoms with E-state index in [2.05, 4.69) is 5.32 Å². The van der Waals surface area contributed by atoms with E-state index in [1.165, 1.54) is 11.4 Å². The number of halogens is 1. The molecule has 2 amide bonds. The maximum atomic E-state index is 13.3. The fourth-order valence-electron chi connectivity index (χ4n) is 3.90. The van der Waals surface area contributed by atoms with Crippen LogP contribution in [0.2, 0.25) is 5.02 Å². The molecule has 10 heteroatoms. The number of sulfonamides is 1. The number of rotatable bonds is 12. The summed E-state index contributed by atoms with van der Waals surface area (Å²) in [7, 11) is -0.494. The number of amides is 2. The predicted molar refractivity (Wildman–Crippen MR) is 139 cm³/mol. The minimum absolute atomic E-state index is 0.0725. The lowest BCUT2D eigenvalue weighted by molar-refractivity contribution is -0.141. The summed E-state index contributed by atoms with van der Waals surface area (Å²) in [6.07, 6.45) is 1.91. The highest BCUT2D eigenvalue weighted by Crippen LogP contribution is 2.28. The first kappa shape index (κ1) is 28.5. The molecule has 192 valence electrons. The van der Waals surface area contributed by atoms with Gasteiger partial charge >= 0.3 is 0 Å². The Morgan fingerprint density at radius 3 is 2.46 bits per heavy atom. The van der Waals surface area contributed by atoms with Crippen molar-refractivity contribution in [2.45, 2.75) is 45.7 Å². The van der Waals surface area contributed by atoms with Gasteiger partial charge in [0.05, 0.1) is 19.1 Å². The van der Waals surface area contributed by atoms with Crippen LogP contribution in [0.25, 0.3) is 0 Å². The summed E-state index contributed by atoms with van der Waals surface area (Å²) in [5, 5.41) is 3.10. The number of anilines is 1. The van der Waals surface area contributed by atoms with Crippen molar-refractivity contribution in [2.24, 2.45) is 0 Å². The Morgan fingerprint density at radius 1 is 1.17 bits per heavy atom. The Bertz CT molecular complexity index is 1140. The molecule has 0 aliphatic carbocycles. The van der Waals surface area contributed by atoms with Gasteiger partial charge in [0.25, 0.3) is 0 Å². The Balaban J connectivity index is 2.24. The molecule has 2 rings (SSSR count). The van der Waals surface area contributed by atoms with Gasteiger partial charge in [-0.3, -0.25) is 13.9 Å². The van der Waals surface area contributed by atoms with Crippen LogP contribution >= 0.6 is 11.6 Å². The first-order chi connectivity index (χ1) is 16.5. The van der Waals surface area contributed by atoms with Crippen molar-refractivity contribution in [3.8, 4) is 5.75 Å². The summed E-state index contributed by atoms with van der Waals surface area (Å²) in [4.78, 5) is 27.4. The van der Waals surface area contributed by atoms with Gasteiger partial charge in [0.15, 0.2) is 0 Å². The van der Waals surface area contributed by atoms with Crippen LogP contribution in [-0.4, -0.2) is 58.1 Å². The van der Waals surface area contributed by atoms with E-state index in [0.29, 0.717) is 28.4 Å². The summed E-state index contributed by atoms with van der Waals surface area (Å²) in [5.41, 5.74) is 1.96. The molecule has 0 bridgehead atoms. The second kappa shape index (κ2) is 12.8. The summed E-state index contributed by atoms with van der Waals surface area (Å²) < 4.78 is 31.6. The number of carbonyl (C=O) groups is 2. The zero-order valence-corrected chi connectivity index (χ0v) is 22.4. The van der Waals surface area contributed by atoms with Crippen LogP contribution < -0.4 is 14.4 Å².